The fourth-order valence-electron chi connectivity index (χ4n) is 3.22. The third-order valence-electron chi connectivity index (χ3n) is 4.75. The summed E-state index contributed by atoms with van der Waals surface area (Å²) in [5.74, 6) is 0. The van der Waals surface area contributed by atoms with E-state index in [0.29, 0.717) is 19.2 Å². The fourth-order valence-corrected chi connectivity index (χ4v) is 3.63. The summed E-state index contributed by atoms with van der Waals surface area (Å²) < 4.78 is 6.64. The third-order valence-corrected chi connectivity index (χ3v) is 5.25. The Bertz CT molecular complexity index is 493. The molecule has 0 aromatic heterocycles. The highest BCUT2D eigenvalue weighted by Crippen LogP contribution is 2.27. The van der Waals surface area contributed by atoms with E-state index >= 15 is 0 Å². The Hall–Kier alpha value is -0.420. The van der Waals surface area contributed by atoms with Crippen LogP contribution in [0.4, 0.5) is 0 Å². The van der Waals surface area contributed by atoms with E-state index in [1.807, 2.05) is 6.92 Å². The van der Waals surface area contributed by atoms with Gasteiger partial charge in [0.2, 0.25) is 0 Å². The second kappa shape index (κ2) is 5.76. The van der Waals surface area contributed by atoms with Gasteiger partial charge in [-0.1, -0.05) is 22.0 Å². The van der Waals surface area contributed by atoms with E-state index in [1.54, 1.807) is 0 Å². The van der Waals surface area contributed by atoms with Crippen molar-refractivity contribution in [2.45, 2.75) is 50.4 Å². The number of nitrogens with one attached hydrogen (secondary N) is 1. The minimum atomic E-state index is -0.694. The van der Waals surface area contributed by atoms with Crippen LogP contribution in [0.2, 0.25) is 0 Å². The predicted molar refractivity (Wildman–Crippen MR) is 82.9 cm³/mol. The van der Waals surface area contributed by atoms with Gasteiger partial charge in [0.25, 0.3) is 0 Å². The van der Waals surface area contributed by atoms with Gasteiger partial charge in [-0.25, -0.2) is 0 Å². The van der Waals surface area contributed by atoms with E-state index in [-0.39, 0.29) is 6.10 Å². The van der Waals surface area contributed by atoms with Crippen LogP contribution in [0.25, 0.3) is 0 Å². The van der Waals surface area contributed by atoms with Crippen molar-refractivity contribution in [1.29, 1.82) is 0 Å². The molecule has 3 unspecified atom stereocenters. The fraction of sp³-hybridized carbons (Fsp3) is 0.625. The molecule has 0 spiro atoms. The average molecular weight is 340 g/mol. The van der Waals surface area contributed by atoms with Crippen LogP contribution in [0.3, 0.4) is 0 Å². The summed E-state index contributed by atoms with van der Waals surface area (Å²) in [7, 11) is 0. The predicted octanol–water partition coefficient (Wildman–Crippen LogP) is 2.44. The summed E-state index contributed by atoms with van der Waals surface area (Å²) in [6, 6.07) is 7.01. The summed E-state index contributed by atoms with van der Waals surface area (Å²) in [4.78, 5) is 0. The maximum Gasteiger partial charge on any atom is 0.105 e. The molecule has 0 amide bonds. The van der Waals surface area contributed by atoms with Crippen molar-refractivity contribution in [2.75, 3.05) is 13.2 Å². The Kier molecular flexibility index (Phi) is 4.18. The van der Waals surface area contributed by atoms with Gasteiger partial charge in [-0.05, 0) is 49.4 Å². The van der Waals surface area contributed by atoms with E-state index in [2.05, 4.69) is 39.4 Å². The summed E-state index contributed by atoms with van der Waals surface area (Å²) in [6.45, 7) is 3.26. The quantitative estimate of drug-likeness (QED) is 0.888. The molecule has 110 valence electrons. The number of ether oxygens (including phenoxy) is 1. The van der Waals surface area contributed by atoms with Gasteiger partial charge in [-0.15, -0.1) is 0 Å². The first-order chi connectivity index (χ1) is 9.57. The molecule has 4 heteroatoms. The van der Waals surface area contributed by atoms with Gasteiger partial charge in [0.1, 0.15) is 5.60 Å². The zero-order valence-electron chi connectivity index (χ0n) is 11.9. The van der Waals surface area contributed by atoms with Crippen LogP contribution in [0.5, 0.6) is 0 Å². The van der Waals surface area contributed by atoms with Crippen molar-refractivity contribution < 1.29 is 9.84 Å². The number of fused-ring (bicyclic) bond motifs is 1. The van der Waals surface area contributed by atoms with E-state index < -0.39 is 5.60 Å². The van der Waals surface area contributed by atoms with Crippen molar-refractivity contribution in [2.24, 2.45) is 0 Å². The molecule has 0 saturated carbocycles. The molecular weight excluding hydrogens is 318 g/mol. The molecule has 0 radical (unpaired) electrons. The van der Waals surface area contributed by atoms with Crippen LogP contribution in [-0.4, -0.2) is 36.0 Å². The topological polar surface area (TPSA) is 41.5 Å². The highest BCUT2D eigenvalue weighted by Gasteiger charge is 2.39. The maximum atomic E-state index is 10.5. The number of rotatable bonds is 3. The summed E-state index contributed by atoms with van der Waals surface area (Å²) in [5.41, 5.74) is 2.19. The second-order valence-corrected chi connectivity index (χ2v) is 7.02. The number of halogens is 1. The first kappa shape index (κ1) is 14.5. The van der Waals surface area contributed by atoms with Crippen molar-refractivity contribution in [1.82, 2.24) is 5.32 Å². The first-order valence-electron chi connectivity index (χ1n) is 7.41. The maximum absolute atomic E-state index is 10.5. The normalized spacial score (nSPS) is 33.1. The Labute approximate surface area is 128 Å². The van der Waals surface area contributed by atoms with Gasteiger partial charge in [-0.2, -0.15) is 0 Å². The van der Waals surface area contributed by atoms with E-state index in [1.165, 1.54) is 11.1 Å². The highest BCUT2D eigenvalue weighted by atomic mass is 79.9. The Morgan fingerprint density at radius 2 is 2.30 bits per heavy atom. The lowest BCUT2D eigenvalue weighted by Crippen LogP contribution is -2.49. The minimum Gasteiger partial charge on any atom is -0.386 e. The van der Waals surface area contributed by atoms with Crippen molar-refractivity contribution >= 4 is 15.9 Å². The van der Waals surface area contributed by atoms with E-state index in [4.69, 9.17) is 4.74 Å². The summed E-state index contributed by atoms with van der Waals surface area (Å²) in [6.07, 6.45) is 3.96. The molecule has 3 atom stereocenters. The molecule has 1 aromatic rings. The molecule has 20 heavy (non-hydrogen) atoms. The molecule has 0 bridgehead atoms. The molecule has 1 heterocycles. The van der Waals surface area contributed by atoms with Crippen molar-refractivity contribution in [3.63, 3.8) is 0 Å². The zero-order valence-corrected chi connectivity index (χ0v) is 13.4. The average Bonchev–Trinajstić information content (AvgIpc) is 2.77. The van der Waals surface area contributed by atoms with E-state index in [0.717, 1.165) is 30.2 Å². The number of aliphatic hydroxyl groups is 1. The SMILES string of the molecule is CC1OCCC1(O)CNC1CCc2cc(Br)ccc2C1. The van der Waals surface area contributed by atoms with Gasteiger partial charge in [0.05, 0.1) is 6.10 Å². The minimum absolute atomic E-state index is 0.0677. The van der Waals surface area contributed by atoms with Crippen molar-refractivity contribution in [3.8, 4) is 0 Å². The summed E-state index contributed by atoms with van der Waals surface area (Å²) >= 11 is 3.53. The molecule has 3 nitrogen and oxygen atoms in total. The largest absolute Gasteiger partial charge is 0.386 e. The van der Waals surface area contributed by atoms with Gasteiger partial charge in [0, 0.05) is 30.1 Å². The molecule has 1 aliphatic heterocycles. The zero-order chi connectivity index (χ0) is 14.2. The third kappa shape index (κ3) is 2.93. The molecule has 1 fully saturated rings. The highest BCUT2D eigenvalue weighted by molar-refractivity contribution is 9.10. The van der Waals surface area contributed by atoms with Crippen LogP contribution >= 0.6 is 15.9 Å². The number of benzene rings is 1. The van der Waals surface area contributed by atoms with Crippen LogP contribution < -0.4 is 5.32 Å². The molecule has 2 N–H and O–H groups in total. The van der Waals surface area contributed by atoms with Gasteiger partial charge in [-0.3, -0.25) is 0 Å². The second-order valence-electron chi connectivity index (χ2n) is 6.10. The summed E-state index contributed by atoms with van der Waals surface area (Å²) in [5, 5.41) is 14.1. The van der Waals surface area contributed by atoms with Crippen LogP contribution in [0.15, 0.2) is 22.7 Å². The van der Waals surface area contributed by atoms with Crippen LogP contribution in [0, 0.1) is 0 Å². The first-order valence-corrected chi connectivity index (χ1v) is 8.21. The lowest BCUT2D eigenvalue weighted by Gasteiger charge is -2.31. The Balaban J connectivity index is 1.59. The van der Waals surface area contributed by atoms with Gasteiger partial charge >= 0.3 is 0 Å². The molecule has 3 rings (SSSR count). The smallest absolute Gasteiger partial charge is 0.105 e. The Morgan fingerprint density at radius 3 is 3.05 bits per heavy atom. The molecule has 1 aliphatic carbocycles. The standard InChI is InChI=1S/C16H22BrNO2/c1-11-16(19,6-7-20-11)10-18-15-5-3-12-8-14(17)4-2-13(12)9-15/h2,4,8,11,15,18-19H,3,5-7,9-10H2,1H3. The van der Waals surface area contributed by atoms with Crippen LogP contribution in [-0.2, 0) is 17.6 Å². The van der Waals surface area contributed by atoms with Gasteiger partial charge < -0.3 is 15.2 Å². The van der Waals surface area contributed by atoms with E-state index in [9.17, 15) is 5.11 Å². The number of aryl methyl sites for hydroxylation is 1. The molecule has 1 saturated heterocycles. The number of hydrogen-bond acceptors (Lipinski definition) is 3. The lowest BCUT2D eigenvalue weighted by atomic mass is 9.87. The Morgan fingerprint density at radius 1 is 1.45 bits per heavy atom. The molecule has 2 aliphatic rings. The molecular formula is C16H22BrNO2. The van der Waals surface area contributed by atoms with Crippen molar-refractivity contribution in [3.05, 3.63) is 33.8 Å². The van der Waals surface area contributed by atoms with Crippen LogP contribution in [0.1, 0.15) is 30.9 Å². The lowest BCUT2D eigenvalue weighted by molar-refractivity contribution is -0.0278. The monoisotopic (exact) mass is 339 g/mol. The number of hydrogen-bond donors (Lipinski definition) is 2. The van der Waals surface area contributed by atoms with Gasteiger partial charge in [0.15, 0.2) is 0 Å². The molecule has 1 aromatic carbocycles.